The van der Waals surface area contributed by atoms with Gasteiger partial charge in [-0.25, -0.2) is 4.99 Å². The summed E-state index contributed by atoms with van der Waals surface area (Å²) >= 11 is 0. The van der Waals surface area contributed by atoms with Gasteiger partial charge in [0, 0.05) is 11.3 Å². The van der Waals surface area contributed by atoms with Crippen LogP contribution in [0.25, 0.3) is 0 Å². The highest BCUT2D eigenvalue weighted by molar-refractivity contribution is 6.51. The number of aliphatic imine (C=N–C) groups is 1. The van der Waals surface area contributed by atoms with Crippen molar-refractivity contribution in [1.82, 2.24) is 0 Å². The fourth-order valence-electron chi connectivity index (χ4n) is 1.24. The van der Waals surface area contributed by atoms with Crippen LogP contribution in [0.4, 0.5) is 0 Å². The summed E-state index contributed by atoms with van der Waals surface area (Å²) in [4.78, 5) is 15.6. The fourth-order valence-corrected chi connectivity index (χ4v) is 1.24. The minimum atomic E-state index is 0.00574. The Hall–Kier alpha value is -1.70. The first-order valence-corrected chi connectivity index (χ1v) is 4.14. The molecule has 1 aromatic carbocycles. The largest absolute Gasteiger partial charge is 0.287 e. The van der Waals surface area contributed by atoms with Crippen LogP contribution in [0, 0.1) is 0 Å². The summed E-state index contributed by atoms with van der Waals surface area (Å²) in [5.74, 6) is 0.00574. The molecule has 0 N–H and O–H groups in total. The van der Waals surface area contributed by atoms with E-state index in [0.29, 0.717) is 11.3 Å². The van der Waals surface area contributed by atoms with Gasteiger partial charge in [-0.1, -0.05) is 30.3 Å². The third-order valence-corrected chi connectivity index (χ3v) is 1.91. The van der Waals surface area contributed by atoms with E-state index in [1.165, 1.54) is 0 Å². The molecule has 1 aromatic rings. The monoisotopic (exact) mass is 171 g/mol. The van der Waals surface area contributed by atoms with Crippen molar-refractivity contribution in [3.63, 3.8) is 0 Å². The number of rotatable bonds is 2. The minimum absolute atomic E-state index is 0.00574. The number of benzene rings is 1. The summed E-state index contributed by atoms with van der Waals surface area (Å²) in [6.07, 6.45) is 1.80. The molecule has 0 atom stereocenters. The number of hydrogen-bond donors (Lipinski definition) is 0. The number of carbonyl (C=O) groups is 1. The molecule has 1 aliphatic rings. The van der Waals surface area contributed by atoms with Crippen LogP contribution in [0.15, 0.2) is 47.1 Å². The molecule has 0 aliphatic carbocycles. The van der Waals surface area contributed by atoms with E-state index < -0.39 is 0 Å². The molecule has 2 rings (SSSR count). The molecule has 0 spiro atoms. The summed E-state index contributed by atoms with van der Waals surface area (Å²) in [6.45, 7) is 1.88. The fraction of sp³-hybridized carbons (Fsp3) is 0.0909. The summed E-state index contributed by atoms with van der Waals surface area (Å²) < 4.78 is 0. The minimum Gasteiger partial charge on any atom is -0.287 e. The zero-order chi connectivity index (χ0) is 9.26. The van der Waals surface area contributed by atoms with Gasteiger partial charge in [-0.3, -0.25) is 4.79 Å². The highest BCUT2D eigenvalue weighted by Gasteiger charge is 2.16. The van der Waals surface area contributed by atoms with Crippen LogP contribution in [-0.4, -0.2) is 11.5 Å². The first kappa shape index (κ1) is 7.92. The van der Waals surface area contributed by atoms with Gasteiger partial charge in [0.05, 0.1) is 0 Å². The number of carbonyl (C=O) groups excluding carboxylic acids is 1. The van der Waals surface area contributed by atoms with Crippen molar-refractivity contribution in [1.29, 1.82) is 0 Å². The van der Waals surface area contributed by atoms with Crippen LogP contribution in [0.5, 0.6) is 0 Å². The zero-order valence-electron chi connectivity index (χ0n) is 7.32. The molecule has 0 saturated carbocycles. The standard InChI is InChI=1S/C11H9NO/c1-8-7-10(12-8)11(13)9-5-3-2-4-6-9/h2-7H,1H3. The molecule has 13 heavy (non-hydrogen) atoms. The van der Waals surface area contributed by atoms with Crippen LogP contribution in [0.2, 0.25) is 0 Å². The van der Waals surface area contributed by atoms with E-state index in [1.54, 1.807) is 18.2 Å². The van der Waals surface area contributed by atoms with E-state index in [2.05, 4.69) is 4.99 Å². The van der Waals surface area contributed by atoms with Crippen LogP contribution in [-0.2, 0) is 0 Å². The molecule has 0 fully saturated rings. The Bertz CT molecular complexity index is 401. The molecule has 0 aromatic heterocycles. The molecular weight excluding hydrogens is 162 g/mol. The Balaban J connectivity index is 2.21. The van der Waals surface area contributed by atoms with Gasteiger partial charge in [0.1, 0.15) is 5.71 Å². The Kier molecular flexibility index (Phi) is 1.81. The number of nitrogens with zero attached hydrogens (tertiary/aromatic N) is 1. The lowest BCUT2D eigenvalue weighted by Gasteiger charge is -2.08. The quantitative estimate of drug-likeness (QED) is 0.627. The summed E-state index contributed by atoms with van der Waals surface area (Å²) in [6, 6.07) is 9.19. The van der Waals surface area contributed by atoms with E-state index in [1.807, 2.05) is 25.1 Å². The van der Waals surface area contributed by atoms with Gasteiger partial charge in [0.15, 0.2) is 0 Å². The second-order valence-corrected chi connectivity index (χ2v) is 2.98. The number of Topliss-reactive ketones (excluding diaryl/α,β-unsaturated/α-hetero) is 1. The van der Waals surface area contributed by atoms with E-state index in [9.17, 15) is 4.79 Å². The van der Waals surface area contributed by atoms with Gasteiger partial charge in [-0.15, -0.1) is 0 Å². The topological polar surface area (TPSA) is 29.4 Å². The summed E-state index contributed by atoms with van der Waals surface area (Å²) in [7, 11) is 0. The first-order valence-electron chi connectivity index (χ1n) is 4.14. The van der Waals surface area contributed by atoms with Gasteiger partial charge in [-0.05, 0) is 13.0 Å². The summed E-state index contributed by atoms with van der Waals surface area (Å²) in [5.41, 5.74) is 2.17. The SMILES string of the molecule is CC1=CC(C(=O)c2ccccc2)=N1. The Labute approximate surface area is 76.6 Å². The highest BCUT2D eigenvalue weighted by atomic mass is 16.1. The van der Waals surface area contributed by atoms with Gasteiger partial charge in [-0.2, -0.15) is 0 Å². The lowest BCUT2D eigenvalue weighted by Crippen LogP contribution is -2.17. The Morgan fingerprint density at radius 1 is 1.23 bits per heavy atom. The molecule has 0 unspecified atom stereocenters. The zero-order valence-corrected chi connectivity index (χ0v) is 7.32. The smallest absolute Gasteiger partial charge is 0.211 e. The average molecular weight is 171 g/mol. The second-order valence-electron chi connectivity index (χ2n) is 2.98. The second kappa shape index (κ2) is 2.98. The van der Waals surface area contributed by atoms with Crippen LogP contribution in [0.3, 0.4) is 0 Å². The van der Waals surface area contributed by atoms with Crippen LogP contribution >= 0.6 is 0 Å². The predicted octanol–water partition coefficient (Wildman–Crippen LogP) is 2.23. The van der Waals surface area contributed by atoms with Crippen molar-refractivity contribution in [2.24, 2.45) is 4.99 Å². The lowest BCUT2D eigenvalue weighted by molar-refractivity contribution is 0.106. The third kappa shape index (κ3) is 1.43. The van der Waals surface area contributed by atoms with Crippen molar-refractivity contribution >= 4 is 11.5 Å². The van der Waals surface area contributed by atoms with Crippen molar-refractivity contribution in [2.75, 3.05) is 0 Å². The number of allylic oxidation sites excluding steroid dienone is 2. The van der Waals surface area contributed by atoms with Crippen LogP contribution < -0.4 is 0 Å². The number of ketones is 1. The molecule has 0 radical (unpaired) electrons. The van der Waals surface area contributed by atoms with Gasteiger partial charge in [0.2, 0.25) is 5.78 Å². The third-order valence-electron chi connectivity index (χ3n) is 1.91. The molecule has 64 valence electrons. The maximum Gasteiger partial charge on any atom is 0.211 e. The normalized spacial score (nSPS) is 14.2. The molecule has 2 nitrogen and oxygen atoms in total. The molecule has 2 heteroatoms. The Morgan fingerprint density at radius 3 is 2.38 bits per heavy atom. The summed E-state index contributed by atoms with van der Waals surface area (Å²) in [5, 5.41) is 0. The maximum atomic E-state index is 11.6. The highest BCUT2D eigenvalue weighted by Crippen LogP contribution is 2.12. The Morgan fingerprint density at radius 2 is 1.85 bits per heavy atom. The van der Waals surface area contributed by atoms with E-state index in [0.717, 1.165) is 5.70 Å². The molecule has 1 heterocycles. The predicted molar refractivity (Wildman–Crippen MR) is 52.0 cm³/mol. The molecular formula is C11H9NO. The van der Waals surface area contributed by atoms with Crippen molar-refractivity contribution in [3.8, 4) is 0 Å². The van der Waals surface area contributed by atoms with Crippen molar-refractivity contribution < 1.29 is 4.79 Å². The van der Waals surface area contributed by atoms with Crippen molar-refractivity contribution in [2.45, 2.75) is 6.92 Å². The van der Waals surface area contributed by atoms with Gasteiger partial charge in [0.25, 0.3) is 0 Å². The molecule has 1 aliphatic heterocycles. The van der Waals surface area contributed by atoms with Gasteiger partial charge >= 0.3 is 0 Å². The van der Waals surface area contributed by atoms with E-state index in [-0.39, 0.29) is 5.78 Å². The van der Waals surface area contributed by atoms with Gasteiger partial charge < -0.3 is 0 Å². The van der Waals surface area contributed by atoms with E-state index in [4.69, 9.17) is 0 Å². The van der Waals surface area contributed by atoms with Crippen LogP contribution in [0.1, 0.15) is 17.3 Å². The molecule has 0 amide bonds. The van der Waals surface area contributed by atoms with E-state index >= 15 is 0 Å². The lowest BCUT2D eigenvalue weighted by atomic mass is 10.0. The maximum absolute atomic E-state index is 11.6. The molecule has 0 saturated heterocycles. The first-order chi connectivity index (χ1) is 6.27. The molecule has 0 bridgehead atoms. The average Bonchev–Trinajstić information content (AvgIpc) is 2.13. The number of hydrogen-bond acceptors (Lipinski definition) is 2. The van der Waals surface area contributed by atoms with Crippen molar-refractivity contribution in [3.05, 3.63) is 47.7 Å².